The Morgan fingerprint density at radius 2 is 1.88 bits per heavy atom. The van der Waals surface area contributed by atoms with Crippen LogP contribution in [-0.2, 0) is 25.5 Å². The molecule has 1 aromatic rings. The Hall–Kier alpha value is -2.63. The van der Waals surface area contributed by atoms with Crippen LogP contribution < -0.4 is 0 Å². The Balaban J connectivity index is 2.22. The van der Waals surface area contributed by atoms with E-state index in [0.717, 1.165) is 11.4 Å². The largest absolute Gasteiger partial charge is 0.463 e. The molecule has 1 aromatic carbocycles. The molecule has 6 heteroatoms. The maximum atomic E-state index is 12.3. The number of hydrogen-bond donors (Lipinski definition) is 0. The summed E-state index contributed by atoms with van der Waals surface area (Å²) in [5, 5.41) is 0. The van der Waals surface area contributed by atoms with Crippen molar-refractivity contribution in [3.05, 3.63) is 47.7 Å². The molecule has 1 aliphatic heterocycles. The monoisotopic (exact) mass is 330 g/mol. The Morgan fingerprint density at radius 1 is 1.17 bits per heavy atom. The van der Waals surface area contributed by atoms with Gasteiger partial charge in [0.15, 0.2) is 0 Å². The van der Waals surface area contributed by atoms with Gasteiger partial charge in [-0.05, 0) is 19.4 Å². The van der Waals surface area contributed by atoms with Crippen molar-refractivity contribution in [1.29, 1.82) is 0 Å². The number of aliphatic imine (C=N–C) groups is 1. The van der Waals surface area contributed by atoms with Crippen molar-refractivity contribution < 1.29 is 19.1 Å². The molecule has 0 N–H and O–H groups in total. The predicted molar refractivity (Wildman–Crippen MR) is 90.5 cm³/mol. The normalized spacial score (nSPS) is 14.3. The van der Waals surface area contributed by atoms with Gasteiger partial charge in [0.05, 0.1) is 25.8 Å². The van der Waals surface area contributed by atoms with E-state index in [1.165, 1.54) is 6.08 Å². The van der Waals surface area contributed by atoms with Crippen molar-refractivity contribution in [2.45, 2.75) is 20.3 Å². The highest BCUT2D eigenvalue weighted by molar-refractivity contribution is 6.01. The number of rotatable bonds is 7. The maximum Gasteiger partial charge on any atom is 0.355 e. The smallest absolute Gasteiger partial charge is 0.355 e. The number of esters is 2. The van der Waals surface area contributed by atoms with Crippen molar-refractivity contribution in [3.8, 4) is 0 Å². The number of amidine groups is 1. The summed E-state index contributed by atoms with van der Waals surface area (Å²) < 4.78 is 10.0. The van der Waals surface area contributed by atoms with Crippen LogP contribution in [0.3, 0.4) is 0 Å². The van der Waals surface area contributed by atoms with Crippen LogP contribution in [0.4, 0.5) is 0 Å². The molecule has 6 nitrogen and oxygen atoms in total. The second kappa shape index (κ2) is 8.86. The van der Waals surface area contributed by atoms with Crippen LogP contribution in [0, 0.1) is 0 Å². The molecule has 24 heavy (non-hydrogen) atoms. The lowest BCUT2D eigenvalue weighted by molar-refractivity contribution is -0.142. The average molecular weight is 330 g/mol. The van der Waals surface area contributed by atoms with Crippen LogP contribution in [0.5, 0.6) is 0 Å². The second-order valence-electron chi connectivity index (χ2n) is 5.11. The van der Waals surface area contributed by atoms with Crippen LogP contribution in [0.1, 0.15) is 19.4 Å². The molecular formula is C18H22N2O4. The van der Waals surface area contributed by atoms with Crippen molar-refractivity contribution in [2.24, 2.45) is 4.99 Å². The molecule has 0 amide bonds. The van der Waals surface area contributed by atoms with Crippen LogP contribution in [0.25, 0.3) is 0 Å². The van der Waals surface area contributed by atoms with Crippen LogP contribution in [0.2, 0.25) is 0 Å². The van der Waals surface area contributed by atoms with E-state index in [2.05, 4.69) is 4.99 Å². The molecule has 0 bridgehead atoms. The Morgan fingerprint density at radius 3 is 2.54 bits per heavy atom. The number of ether oxygens (including phenoxy) is 2. The highest BCUT2D eigenvalue weighted by atomic mass is 16.5. The maximum absolute atomic E-state index is 12.3. The molecule has 0 saturated carbocycles. The Kier molecular flexibility index (Phi) is 6.54. The molecule has 128 valence electrons. The number of carbonyl (C=O) groups is 2. The number of nitrogens with zero attached hydrogens (tertiary/aromatic N) is 2. The summed E-state index contributed by atoms with van der Waals surface area (Å²) in [4.78, 5) is 30.3. The van der Waals surface area contributed by atoms with Gasteiger partial charge in [0.2, 0.25) is 0 Å². The highest BCUT2D eigenvalue weighted by Gasteiger charge is 2.27. The third-order valence-electron chi connectivity index (χ3n) is 3.45. The van der Waals surface area contributed by atoms with Gasteiger partial charge in [0.25, 0.3) is 0 Å². The summed E-state index contributed by atoms with van der Waals surface area (Å²) in [5.74, 6) is -0.371. The molecule has 0 aliphatic carbocycles. The standard InChI is InChI=1S/C18H22N2O4/c1-3-23-17(21)13-15(18(22)24-4-2)20-11-10-19-16(20)12-14-8-6-5-7-9-14/h5-9,13H,3-4,10-12H2,1-2H3/b15-13+. The molecule has 0 fully saturated rings. The van der Waals surface area contributed by atoms with E-state index in [4.69, 9.17) is 9.47 Å². The molecule has 0 unspecified atom stereocenters. The SMILES string of the molecule is CCOC(=O)/C=C(\C(=O)OCC)N1CCN=C1Cc1ccccc1. The summed E-state index contributed by atoms with van der Waals surface area (Å²) >= 11 is 0. The Bertz CT molecular complexity index is 638. The van der Waals surface area contributed by atoms with Gasteiger partial charge < -0.3 is 14.4 Å². The topological polar surface area (TPSA) is 68.2 Å². The van der Waals surface area contributed by atoms with Gasteiger partial charge in [-0.1, -0.05) is 30.3 Å². The van der Waals surface area contributed by atoms with Crippen LogP contribution in [0.15, 0.2) is 47.1 Å². The summed E-state index contributed by atoms with van der Waals surface area (Å²) in [7, 11) is 0. The van der Waals surface area contributed by atoms with E-state index >= 15 is 0 Å². The number of hydrogen-bond acceptors (Lipinski definition) is 6. The minimum atomic E-state index is -0.563. The van der Waals surface area contributed by atoms with E-state index in [0.29, 0.717) is 19.5 Å². The summed E-state index contributed by atoms with van der Waals surface area (Å²) in [6.45, 7) is 5.03. The lowest BCUT2D eigenvalue weighted by atomic mass is 10.1. The second-order valence-corrected chi connectivity index (χ2v) is 5.11. The molecule has 1 aliphatic rings. The van der Waals surface area contributed by atoms with Gasteiger partial charge in [-0.3, -0.25) is 4.99 Å². The quantitative estimate of drug-likeness (QED) is 0.565. The van der Waals surface area contributed by atoms with Gasteiger partial charge in [0, 0.05) is 13.0 Å². The zero-order valence-corrected chi connectivity index (χ0v) is 14.0. The zero-order valence-electron chi connectivity index (χ0n) is 14.0. The van der Waals surface area contributed by atoms with Gasteiger partial charge in [0.1, 0.15) is 11.5 Å². The molecule has 1 heterocycles. The van der Waals surface area contributed by atoms with Crippen molar-refractivity contribution in [1.82, 2.24) is 4.90 Å². The highest BCUT2D eigenvalue weighted by Crippen LogP contribution is 2.16. The van der Waals surface area contributed by atoms with Crippen molar-refractivity contribution >= 4 is 17.8 Å². The molecule has 0 spiro atoms. The minimum Gasteiger partial charge on any atom is -0.463 e. The molecule has 2 rings (SSSR count). The lowest BCUT2D eigenvalue weighted by Gasteiger charge is -2.22. The van der Waals surface area contributed by atoms with Crippen LogP contribution in [-0.4, -0.2) is 49.0 Å². The first-order valence-corrected chi connectivity index (χ1v) is 8.06. The molecular weight excluding hydrogens is 308 g/mol. The first-order valence-electron chi connectivity index (χ1n) is 8.06. The Labute approximate surface area is 141 Å². The van der Waals surface area contributed by atoms with Crippen molar-refractivity contribution in [3.63, 3.8) is 0 Å². The van der Waals surface area contributed by atoms with E-state index < -0.39 is 11.9 Å². The van der Waals surface area contributed by atoms with Gasteiger partial charge in [-0.25, -0.2) is 9.59 Å². The number of benzene rings is 1. The predicted octanol–water partition coefficient (Wildman–Crippen LogP) is 1.95. The van der Waals surface area contributed by atoms with E-state index in [9.17, 15) is 9.59 Å². The fraction of sp³-hybridized carbons (Fsp3) is 0.389. The van der Waals surface area contributed by atoms with E-state index in [-0.39, 0.29) is 18.9 Å². The third kappa shape index (κ3) is 4.68. The summed E-state index contributed by atoms with van der Waals surface area (Å²) in [6, 6.07) is 9.85. The average Bonchev–Trinajstić information content (AvgIpc) is 3.02. The fourth-order valence-electron chi connectivity index (χ4n) is 2.43. The first kappa shape index (κ1) is 17.7. The van der Waals surface area contributed by atoms with E-state index in [1.807, 2.05) is 30.3 Å². The first-order chi connectivity index (χ1) is 11.7. The summed E-state index contributed by atoms with van der Waals surface area (Å²) in [5.41, 5.74) is 1.25. The van der Waals surface area contributed by atoms with Gasteiger partial charge in [-0.2, -0.15) is 0 Å². The lowest BCUT2D eigenvalue weighted by Crippen LogP contribution is -2.34. The zero-order chi connectivity index (χ0) is 17.4. The van der Waals surface area contributed by atoms with Crippen molar-refractivity contribution in [2.75, 3.05) is 26.3 Å². The minimum absolute atomic E-state index is 0.169. The molecule has 0 radical (unpaired) electrons. The van der Waals surface area contributed by atoms with Gasteiger partial charge >= 0.3 is 11.9 Å². The van der Waals surface area contributed by atoms with Crippen LogP contribution >= 0.6 is 0 Å². The molecule has 0 atom stereocenters. The fourth-order valence-corrected chi connectivity index (χ4v) is 2.43. The third-order valence-corrected chi connectivity index (χ3v) is 3.45. The summed E-state index contributed by atoms with van der Waals surface area (Å²) in [6.07, 6.45) is 1.77. The molecule has 0 saturated heterocycles. The molecule has 0 aromatic heterocycles. The number of carbonyl (C=O) groups excluding carboxylic acids is 2. The van der Waals surface area contributed by atoms with Gasteiger partial charge in [-0.15, -0.1) is 0 Å². The van der Waals surface area contributed by atoms with E-state index in [1.54, 1.807) is 18.7 Å².